The van der Waals surface area contributed by atoms with Crippen LogP contribution in [0.5, 0.6) is 5.75 Å². The molecule has 0 spiro atoms. The SMILES string of the molecule is C=C1Nc2ccccc2C(C(C)=O)=C1C.C=C1Oc2ccccc2C(C(C)=O)=C1C.CC1=CC(=O)c2ccccc2C1=O.CCC(C)(C)c1ccccc1.CCSc1ccccc1Br.CCc1c[nH]c2ccc(F)cc12.CCc1cc(F)c(F)c(F)c1.CCc1cc(F)cc(F)c1.CCc1ccc(F)cc1F.Cc1c[nH]c2ccc(F)cc12.Cc1cccc(C)c1C.Cc1coc2ccccc2c1=O. The van der Waals surface area contributed by atoms with Crippen LogP contribution in [-0.4, -0.2) is 38.9 Å². The zero-order valence-electron chi connectivity index (χ0n) is 81.8. The van der Waals surface area contributed by atoms with Gasteiger partial charge in [0, 0.05) is 117 Å². The molecule has 2 aliphatic heterocycles. The van der Waals surface area contributed by atoms with Gasteiger partial charge in [0.05, 0.1) is 11.6 Å². The standard InChI is InChI=1S/C13H13NO.C13H12O2.C11H8O2.C11H16.C10H10FN.C10H8O2.C9H8FN.C9H12.C8H9BrS.C8H7F3.2C8H8F2/c1-8-9(2)14-12-7-5-4-6-11(12)13(8)10(3)15;1-8-10(3)15-12-7-5-4-6-11(12)13(8)9(2)14;1-7-6-10(12)8-4-2-3-5-9(8)11(7)13;1-4-11(2,3)10-8-6-5-7-9-10;1-2-7-6-12-10-4-3-8(11)5-9(7)10;1-7-6-12-9-5-3-2-4-8(9)10(7)11;1-6-5-11-9-3-2-7(10)4-8(6)9;1-7-5-4-6-8(2)9(7)3;1-2-10-8-6-4-3-5-7(8)9;1-2-5-3-6(9)8(11)7(10)4-5;1-2-6-3-7(9)5-8(10)4-6;1-2-6-3-4-7(9)5-8(6)10/h4-7,14H,2H2,1,3H3;4-7H,3H2,1-2H3;2-6H,1H3;5-9H,4H2,1-3H3;3-6,12H,2H2,1H3;2-6H,1H3;2-5,11H,1H3;4-6H,1-3H3;3-6H,2H2,1H3;3-4H,2H2,1H3;2*3-5H,2H2,1H3. The highest BCUT2D eigenvalue weighted by Crippen LogP contribution is 2.39. The Kier molecular flexibility index (Phi) is 44.3. The monoisotopic (exact) mass is 1970 g/mol. The highest BCUT2D eigenvalue weighted by atomic mass is 79.9. The number of aromatic nitrogens is 2. The number of benzene rings is 12. The zero-order valence-corrected chi connectivity index (χ0v) is 84.2. The molecule has 3 aromatic heterocycles. The number of H-pyrrole nitrogens is 2. The lowest BCUT2D eigenvalue weighted by atomic mass is 9.82. The highest BCUT2D eigenvalue weighted by molar-refractivity contribution is 9.10. The van der Waals surface area contributed by atoms with E-state index in [1.54, 1.807) is 95.3 Å². The fourth-order valence-corrected chi connectivity index (χ4v) is 15.4. The van der Waals surface area contributed by atoms with E-state index in [-0.39, 0.29) is 40.2 Å². The molecule has 0 saturated heterocycles. The predicted octanol–water partition coefficient (Wildman–Crippen LogP) is 32.8. The van der Waals surface area contributed by atoms with Gasteiger partial charge in [-0.15, -0.1) is 11.8 Å². The second-order valence-corrected chi connectivity index (χ2v) is 35.2. The van der Waals surface area contributed by atoms with E-state index in [0.29, 0.717) is 91.7 Å². The van der Waals surface area contributed by atoms with Gasteiger partial charge in [-0.2, -0.15) is 0 Å². The third-order valence-corrected chi connectivity index (χ3v) is 24.7. The van der Waals surface area contributed by atoms with Gasteiger partial charge in [0.25, 0.3) is 0 Å². The first-order valence-electron chi connectivity index (χ1n) is 45.4. The first-order valence-corrected chi connectivity index (χ1v) is 47.2. The molecule has 139 heavy (non-hydrogen) atoms. The summed E-state index contributed by atoms with van der Waals surface area (Å²) in [6, 6.07) is 73.5. The third-order valence-electron chi connectivity index (χ3n) is 22.8. The number of hydrogen-bond donors (Lipinski definition) is 3. The van der Waals surface area contributed by atoms with E-state index in [9.17, 15) is 63.5 Å². The summed E-state index contributed by atoms with van der Waals surface area (Å²) in [4.78, 5) is 65.0. The van der Waals surface area contributed by atoms with Crippen LogP contribution < -0.4 is 15.5 Å². The van der Waals surface area contributed by atoms with E-state index in [1.165, 1.54) is 92.3 Å². The van der Waals surface area contributed by atoms with Crippen molar-refractivity contribution in [3.63, 3.8) is 0 Å². The Morgan fingerprint density at radius 2 is 0.950 bits per heavy atom. The maximum atomic E-state index is 12.8. The van der Waals surface area contributed by atoms with Gasteiger partial charge in [-0.05, 0) is 293 Å². The fourth-order valence-electron chi connectivity index (χ4n) is 14.1. The van der Waals surface area contributed by atoms with Gasteiger partial charge in [-0.3, -0.25) is 24.0 Å². The molecule has 12 aromatic carbocycles. The van der Waals surface area contributed by atoms with E-state index in [4.69, 9.17) is 9.15 Å². The minimum absolute atomic E-state index is 0.0457. The first-order chi connectivity index (χ1) is 66.1. The maximum Gasteiger partial charge on any atom is 0.195 e. The Hall–Kier alpha value is -13.9. The Labute approximate surface area is 822 Å². The van der Waals surface area contributed by atoms with Crippen LogP contribution in [0.4, 0.5) is 45.2 Å². The molecular formula is C118H119BrF9N3O7S. The van der Waals surface area contributed by atoms with Crippen LogP contribution in [-0.2, 0) is 40.7 Å². The molecule has 0 fully saturated rings. The smallest absolute Gasteiger partial charge is 0.195 e. The molecule has 724 valence electrons. The molecule has 0 unspecified atom stereocenters. The summed E-state index contributed by atoms with van der Waals surface area (Å²) in [6.45, 7) is 42.9. The molecule has 1 aliphatic carbocycles. The number of para-hydroxylation sites is 3. The summed E-state index contributed by atoms with van der Waals surface area (Å²) in [5, 5.41) is 5.80. The van der Waals surface area contributed by atoms with Crippen LogP contribution in [0.15, 0.2) is 339 Å². The zero-order chi connectivity index (χ0) is 102. The van der Waals surface area contributed by atoms with Crippen molar-refractivity contribution in [3.05, 3.63) is 466 Å². The second-order valence-electron chi connectivity index (χ2n) is 33.0. The molecule has 18 rings (SSSR count). The molecule has 5 heterocycles. The predicted molar refractivity (Wildman–Crippen MR) is 557 cm³/mol. The van der Waals surface area contributed by atoms with E-state index >= 15 is 0 Å². The number of Topliss-reactive ketones (excluding diaryl/α,β-unsaturated/α-hetero) is 3. The lowest BCUT2D eigenvalue weighted by Gasteiger charge is -2.23. The number of nitrogens with one attached hydrogen (secondary N) is 3. The number of hydrogen-bond acceptors (Lipinski definition) is 9. The molecule has 10 nitrogen and oxygen atoms in total. The Morgan fingerprint density at radius 1 is 0.446 bits per heavy atom. The van der Waals surface area contributed by atoms with Crippen LogP contribution in [0.1, 0.15) is 184 Å². The van der Waals surface area contributed by atoms with Gasteiger partial charge in [0.1, 0.15) is 52.0 Å². The number of aryl methyl sites for hydroxylation is 8. The van der Waals surface area contributed by atoms with Crippen molar-refractivity contribution >= 4 is 100 Å². The molecule has 3 N–H and O–H groups in total. The number of rotatable bonds is 10. The van der Waals surface area contributed by atoms with E-state index in [1.807, 2.05) is 126 Å². The molecular weight excluding hydrogens is 1850 g/mol. The van der Waals surface area contributed by atoms with Crippen molar-refractivity contribution in [1.29, 1.82) is 0 Å². The number of aromatic amines is 2. The number of halogens is 10. The molecule has 0 bridgehead atoms. The highest BCUT2D eigenvalue weighted by Gasteiger charge is 2.26. The normalized spacial score (nSPS) is 11.8. The number of carbonyl (C=O) groups is 4. The van der Waals surface area contributed by atoms with Crippen LogP contribution in [0.2, 0.25) is 0 Å². The van der Waals surface area contributed by atoms with Gasteiger partial charge < -0.3 is 24.4 Å². The fraction of sp³-hybridized carbons (Fsp3) is 0.212. The van der Waals surface area contributed by atoms with Gasteiger partial charge in [0.15, 0.2) is 46.0 Å². The third kappa shape index (κ3) is 32.9. The Bertz CT molecular complexity index is 6810. The first kappa shape index (κ1) is 112. The van der Waals surface area contributed by atoms with Gasteiger partial charge in [-0.1, -0.05) is 208 Å². The quantitative estimate of drug-likeness (QED) is 0.0690. The second kappa shape index (κ2) is 54.9. The topological polar surface area (TPSA) is 151 Å². The average molecular weight is 1970 g/mol. The lowest BCUT2D eigenvalue weighted by molar-refractivity contribution is -0.112. The molecule has 0 radical (unpaired) electrons. The molecule has 21 heteroatoms. The van der Waals surface area contributed by atoms with Crippen molar-refractivity contribution in [2.75, 3.05) is 11.1 Å². The Morgan fingerprint density at radius 3 is 1.52 bits per heavy atom. The Balaban J connectivity index is 0.000000207. The van der Waals surface area contributed by atoms with Crippen molar-refractivity contribution < 1.29 is 67.8 Å². The van der Waals surface area contributed by atoms with Crippen molar-refractivity contribution in [1.82, 2.24) is 9.97 Å². The number of fused-ring (bicyclic) bond motifs is 6. The lowest BCUT2D eigenvalue weighted by Crippen LogP contribution is -2.14. The minimum Gasteiger partial charge on any atom is -0.464 e. The summed E-state index contributed by atoms with van der Waals surface area (Å²) < 4.78 is 124. The van der Waals surface area contributed by atoms with Gasteiger partial charge >= 0.3 is 0 Å². The summed E-state index contributed by atoms with van der Waals surface area (Å²) in [6.07, 6.45) is 10.6. The summed E-state index contributed by atoms with van der Waals surface area (Å²) >= 11 is 5.33. The summed E-state index contributed by atoms with van der Waals surface area (Å²) in [5.74, 6) is -3.58. The van der Waals surface area contributed by atoms with Crippen LogP contribution in [0.3, 0.4) is 0 Å². The number of allylic oxidation sites excluding steroid dienone is 6. The van der Waals surface area contributed by atoms with Crippen LogP contribution >= 0.6 is 27.7 Å². The average Bonchev–Trinajstić information content (AvgIpc) is 1.59. The van der Waals surface area contributed by atoms with Crippen molar-refractivity contribution in [2.45, 2.75) is 167 Å². The van der Waals surface area contributed by atoms with Crippen LogP contribution in [0.25, 0.3) is 43.9 Å². The van der Waals surface area contributed by atoms with Gasteiger partial charge in [0.2, 0.25) is 0 Å². The molecule has 3 aliphatic rings. The van der Waals surface area contributed by atoms with E-state index in [0.717, 1.165) is 103 Å². The largest absolute Gasteiger partial charge is 0.464 e. The minimum atomic E-state index is -1.40. The maximum absolute atomic E-state index is 12.8. The van der Waals surface area contributed by atoms with E-state index in [2.05, 4.69) is 166 Å². The number of anilines is 1. The number of carbonyl (C=O) groups excluding carboxylic acids is 4. The number of ketones is 4. The van der Waals surface area contributed by atoms with Crippen LogP contribution in [0, 0.1) is 87.0 Å². The number of thioether (sulfide) groups is 1. The summed E-state index contributed by atoms with van der Waals surface area (Å²) in [5.41, 5.74) is 21.6. The molecule has 0 atom stereocenters. The van der Waals surface area contributed by atoms with Crippen molar-refractivity contribution in [3.8, 4) is 5.75 Å². The molecule has 0 amide bonds. The summed E-state index contributed by atoms with van der Waals surface area (Å²) in [7, 11) is 0. The van der Waals surface area contributed by atoms with Crippen molar-refractivity contribution in [2.24, 2.45) is 0 Å². The van der Waals surface area contributed by atoms with E-state index < -0.39 is 40.7 Å². The molecule has 0 saturated carbocycles. The van der Waals surface area contributed by atoms with Gasteiger partial charge in [-0.25, -0.2) is 39.5 Å². The molecule has 15 aromatic rings. The number of ether oxygens (including phenoxy) is 1.